The van der Waals surface area contributed by atoms with E-state index in [0.29, 0.717) is 0 Å². The van der Waals surface area contributed by atoms with Gasteiger partial charge in [0.25, 0.3) is 5.91 Å². The number of halogens is 1. The molecule has 0 radical (unpaired) electrons. The zero-order valence-corrected chi connectivity index (χ0v) is 6.95. The molecule has 0 heterocycles. The van der Waals surface area contributed by atoms with Gasteiger partial charge in [0, 0.05) is 5.56 Å². The molecule has 0 saturated heterocycles. The molecule has 1 amide bonds. The maximum absolute atomic E-state index is 12.8. The zero-order valence-electron chi connectivity index (χ0n) is 6.95. The highest BCUT2D eigenvalue weighted by Gasteiger charge is 2.15. The van der Waals surface area contributed by atoms with Gasteiger partial charge in [-0.1, -0.05) is 0 Å². The lowest BCUT2D eigenvalue weighted by atomic mass is 10.0. The number of nitrogens with two attached hydrogens (primary N) is 1. The Balaban J connectivity index is 3.58. The predicted octanol–water partition coefficient (Wildman–Crippen LogP) is 0.609. The smallest absolute Gasteiger partial charge is 0.250 e. The minimum Gasteiger partial charge on any atom is -0.366 e. The number of primary amides is 1. The van der Waals surface area contributed by atoms with Gasteiger partial charge in [0.15, 0.2) is 6.29 Å². The first-order chi connectivity index (χ1) is 6.60. The number of benzene rings is 1. The highest BCUT2D eigenvalue weighted by Crippen LogP contribution is 2.14. The largest absolute Gasteiger partial charge is 0.366 e. The molecule has 0 spiro atoms. The average Bonchev–Trinajstić information content (AvgIpc) is 2.15. The Morgan fingerprint density at radius 2 is 2.21 bits per heavy atom. The molecular weight excluding hydrogens is 187 g/mol. The molecule has 0 aliphatic rings. The van der Waals surface area contributed by atoms with Crippen LogP contribution in [0, 0.1) is 17.1 Å². The summed E-state index contributed by atoms with van der Waals surface area (Å²) in [7, 11) is 0. The van der Waals surface area contributed by atoms with Crippen molar-refractivity contribution in [2.75, 3.05) is 0 Å². The highest BCUT2D eigenvalue weighted by molar-refractivity contribution is 6.02. The van der Waals surface area contributed by atoms with E-state index in [2.05, 4.69) is 0 Å². The molecule has 0 aliphatic heterocycles. The number of nitrogens with zero attached hydrogens (tertiary/aromatic N) is 1. The first-order valence-electron chi connectivity index (χ1n) is 3.58. The van der Waals surface area contributed by atoms with Gasteiger partial charge >= 0.3 is 0 Å². The molecular formula is C9H5FN2O2. The Morgan fingerprint density at radius 3 is 2.64 bits per heavy atom. The Bertz CT molecular complexity index is 449. The standard InChI is InChI=1S/C9H5FN2O2/c10-7-1-5(3-11)8(9(12)14)6(2-7)4-13/h1-2,4H,(H2,12,14). The molecule has 1 rings (SSSR count). The molecule has 0 atom stereocenters. The monoisotopic (exact) mass is 192 g/mol. The number of hydrogen-bond donors (Lipinski definition) is 1. The van der Waals surface area contributed by atoms with Crippen LogP contribution in [0.3, 0.4) is 0 Å². The molecule has 0 unspecified atom stereocenters. The summed E-state index contributed by atoms with van der Waals surface area (Å²) in [5, 5.41) is 8.57. The normalized spacial score (nSPS) is 9.14. The van der Waals surface area contributed by atoms with Crippen LogP contribution in [0.4, 0.5) is 4.39 Å². The molecule has 0 saturated carbocycles. The summed E-state index contributed by atoms with van der Waals surface area (Å²) in [6, 6.07) is 3.30. The molecule has 70 valence electrons. The van der Waals surface area contributed by atoms with Crippen molar-refractivity contribution >= 4 is 12.2 Å². The van der Waals surface area contributed by atoms with Crippen LogP contribution in [0.25, 0.3) is 0 Å². The molecule has 1 aromatic rings. The van der Waals surface area contributed by atoms with E-state index < -0.39 is 11.7 Å². The Kier molecular flexibility index (Phi) is 2.58. The Morgan fingerprint density at radius 1 is 1.57 bits per heavy atom. The summed E-state index contributed by atoms with van der Waals surface area (Å²) in [4.78, 5) is 21.3. The third kappa shape index (κ3) is 1.59. The number of nitriles is 1. The van der Waals surface area contributed by atoms with Gasteiger partial charge in [0.1, 0.15) is 11.9 Å². The summed E-state index contributed by atoms with van der Waals surface area (Å²) >= 11 is 0. The van der Waals surface area contributed by atoms with Crippen LogP contribution in [0.15, 0.2) is 12.1 Å². The molecule has 14 heavy (non-hydrogen) atoms. The first kappa shape index (κ1) is 9.86. The van der Waals surface area contributed by atoms with Crippen LogP contribution >= 0.6 is 0 Å². The fourth-order valence-corrected chi connectivity index (χ4v) is 1.08. The van der Waals surface area contributed by atoms with E-state index in [1.807, 2.05) is 0 Å². The van der Waals surface area contributed by atoms with Crippen molar-refractivity contribution < 1.29 is 14.0 Å². The van der Waals surface area contributed by atoms with Crippen molar-refractivity contribution in [3.8, 4) is 6.07 Å². The average molecular weight is 192 g/mol. The number of aldehydes is 1. The van der Waals surface area contributed by atoms with Crippen LogP contribution in [-0.2, 0) is 0 Å². The summed E-state index contributed by atoms with van der Waals surface area (Å²) in [5.41, 5.74) is 4.25. The number of hydrogen-bond acceptors (Lipinski definition) is 3. The van der Waals surface area contributed by atoms with Crippen molar-refractivity contribution in [1.29, 1.82) is 5.26 Å². The van der Waals surface area contributed by atoms with E-state index in [4.69, 9.17) is 11.0 Å². The summed E-state index contributed by atoms with van der Waals surface area (Å²) in [6.07, 6.45) is 0.282. The molecule has 0 fully saturated rings. The lowest BCUT2D eigenvalue weighted by Gasteiger charge is -2.02. The maximum atomic E-state index is 12.8. The second kappa shape index (κ2) is 3.66. The first-order valence-corrected chi connectivity index (χ1v) is 3.58. The van der Waals surface area contributed by atoms with Gasteiger partial charge in [0.2, 0.25) is 0 Å². The SMILES string of the molecule is N#Cc1cc(F)cc(C=O)c1C(N)=O. The Labute approximate surface area is 78.7 Å². The van der Waals surface area contributed by atoms with E-state index in [1.165, 1.54) is 0 Å². The van der Waals surface area contributed by atoms with Crippen molar-refractivity contribution in [2.24, 2.45) is 5.73 Å². The second-order valence-electron chi connectivity index (χ2n) is 2.51. The third-order valence-electron chi connectivity index (χ3n) is 1.63. The van der Waals surface area contributed by atoms with Gasteiger partial charge in [-0.25, -0.2) is 4.39 Å². The van der Waals surface area contributed by atoms with Gasteiger partial charge in [-0.2, -0.15) is 5.26 Å². The number of carbonyl (C=O) groups is 2. The number of amides is 1. The minimum absolute atomic E-state index is 0.214. The van der Waals surface area contributed by atoms with Gasteiger partial charge in [-0.15, -0.1) is 0 Å². The zero-order chi connectivity index (χ0) is 10.7. The predicted molar refractivity (Wildman–Crippen MR) is 45.0 cm³/mol. The second-order valence-corrected chi connectivity index (χ2v) is 2.51. The lowest BCUT2D eigenvalue weighted by Crippen LogP contribution is -2.16. The van der Waals surface area contributed by atoms with E-state index in [0.717, 1.165) is 12.1 Å². The van der Waals surface area contributed by atoms with Crippen LogP contribution in [0.2, 0.25) is 0 Å². The fraction of sp³-hybridized carbons (Fsp3) is 0. The van der Waals surface area contributed by atoms with Crippen LogP contribution < -0.4 is 5.73 Å². The van der Waals surface area contributed by atoms with Gasteiger partial charge in [0.05, 0.1) is 11.1 Å². The van der Waals surface area contributed by atoms with E-state index in [-0.39, 0.29) is 23.0 Å². The Hall–Kier alpha value is -2.22. The summed E-state index contributed by atoms with van der Waals surface area (Å²) in [6.45, 7) is 0. The van der Waals surface area contributed by atoms with Crippen molar-refractivity contribution in [1.82, 2.24) is 0 Å². The summed E-state index contributed by atoms with van der Waals surface area (Å²) in [5.74, 6) is -1.68. The van der Waals surface area contributed by atoms with E-state index in [9.17, 15) is 14.0 Å². The molecule has 0 aromatic heterocycles. The van der Waals surface area contributed by atoms with E-state index in [1.54, 1.807) is 6.07 Å². The molecule has 0 bridgehead atoms. The topological polar surface area (TPSA) is 83.9 Å². The van der Waals surface area contributed by atoms with Gasteiger partial charge < -0.3 is 5.73 Å². The van der Waals surface area contributed by atoms with Crippen molar-refractivity contribution in [2.45, 2.75) is 0 Å². The number of carbonyl (C=O) groups excluding carboxylic acids is 2. The fourth-order valence-electron chi connectivity index (χ4n) is 1.08. The minimum atomic E-state index is -0.927. The van der Waals surface area contributed by atoms with Crippen LogP contribution in [0.1, 0.15) is 26.3 Å². The van der Waals surface area contributed by atoms with Gasteiger partial charge in [-0.3, -0.25) is 9.59 Å². The van der Waals surface area contributed by atoms with Crippen LogP contribution in [-0.4, -0.2) is 12.2 Å². The molecule has 0 aliphatic carbocycles. The van der Waals surface area contributed by atoms with Gasteiger partial charge in [-0.05, 0) is 12.1 Å². The van der Waals surface area contributed by atoms with E-state index >= 15 is 0 Å². The molecule has 4 nitrogen and oxygen atoms in total. The van der Waals surface area contributed by atoms with Crippen molar-refractivity contribution in [3.05, 3.63) is 34.6 Å². The molecule has 1 aromatic carbocycles. The van der Waals surface area contributed by atoms with Crippen molar-refractivity contribution in [3.63, 3.8) is 0 Å². The van der Waals surface area contributed by atoms with Crippen LogP contribution in [0.5, 0.6) is 0 Å². The molecule has 5 heteroatoms. The molecule has 2 N–H and O–H groups in total. The maximum Gasteiger partial charge on any atom is 0.250 e. The summed E-state index contributed by atoms with van der Waals surface area (Å²) < 4.78 is 12.8. The quantitative estimate of drug-likeness (QED) is 0.696. The highest BCUT2D eigenvalue weighted by atomic mass is 19.1. The number of rotatable bonds is 2. The lowest BCUT2D eigenvalue weighted by molar-refractivity contribution is 0.0992. The third-order valence-corrected chi connectivity index (χ3v) is 1.63.